The first-order chi connectivity index (χ1) is 8.69. The second-order valence-electron chi connectivity index (χ2n) is 4.78. The average molecular weight is 282 g/mol. The molecule has 19 heavy (non-hydrogen) atoms. The first-order valence-electron chi connectivity index (χ1n) is 6.04. The highest BCUT2D eigenvalue weighted by atomic mass is 35.5. The molecule has 0 saturated carbocycles. The van der Waals surface area contributed by atoms with Gasteiger partial charge >= 0.3 is 0 Å². The largest absolute Gasteiger partial charge is 0.470 e. The Kier molecular flexibility index (Phi) is 3.66. The number of halogens is 1. The minimum Gasteiger partial charge on any atom is -0.470 e. The van der Waals surface area contributed by atoms with Gasteiger partial charge in [0, 0.05) is 18.1 Å². The number of nitrogens with one attached hydrogen (secondary N) is 3. The zero-order chi connectivity index (χ0) is 12.7. The molecule has 3 atom stereocenters. The van der Waals surface area contributed by atoms with E-state index in [1.54, 1.807) is 0 Å². The zero-order valence-corrected chi connectivity index (χ0v) is 11.3. The van der Waals surface area contributed by atoms with Gasteiger partial charge in [0.15, 0.2) is 6.23 Å². The maximum absolute atomic E-state index is 11.4. The second-order valence-corrected chi connectivity index (χ2v) is 4.78. The van der Waals surface area contributed by atoms with E-state index in [-0.39, 0.29) is 36.5 Å². The molecule has 0 radical (unpaired) electrons. The first-order valence-corrected chi connectivity index (χ1v) is 6.04. The number of hydrogen-bond acceptors (Lipinski definition) is 3. The quantitative estimate of drug-likeness (QED) is 0.527. The van der Waals surface area contributed by atoms with Crippen LogP contribution >= 0.6 is 12.4 Å². The van der Waals surface area contributed by atoms with E-state index >= 15 is 0 Å². The van der Waals surface area contributed by atoms with E-state index < -0.39 is 0 Å². The standard InChI is InChI=1S/C13H15N3O2.ClH/c1-7-4-8-5-11(15-6-14)18-13(8)9-2-3-10(17)16-12(7)9;/h2-4,6-7,11-12H,5H2,1H3,(H2,14,15)(H,16,17);1H. The molecular formula is C13H16ClN3O2. The fourth-order valence-corrected chi connectivity index (χ4v) is 2.73. The Hall–Kier alpha value is -1.75. The Bertz CT molecular complexity index is 510. The van der Waals surface area contributed by atoms with Gasteiger partial charge in [-0.1, -0.05) is 13.0 Å². The van der Waals surface area contributed by atoms with Crippen molar-refractivity contribution in [3.63, 3.8) is 0 Å². The molecule has 0 bridgehead atoms. The van der Waals surface area contributed by atoms with Crippen LogP contribution in [0.15, 0.2) is 35.1 Å². The molecule has 3 unspecified atom stereocenters. The Morgan fingerprint density at radius 2 is 2.32 bits per heavy atom. The monoisotopic (exact) mass is 281 g/mol. The molecular weight excluding hydrogens is 266 g/mol. The van der Waals surface area contributed by atoms with Crippen LogP contribution in [0, 0.1) is 11.3 Å². The van der Waals surface area contributed by atoms with Gasteiger partial charge in [0.2, 0.25) is 5.91 Å². The van der Waals surface area contributed by atoms with E-state index in [0.29, 0.717) is 0 Å². The van der Waals surface area contributed by atoms with Crippen LogP contribution in [0.1, 0.15) is 13.3 Å². The molecule has 1 aliphatic carbocycles. The lowest BCUT2D eigenvalue weighted by Gasteiger charge is -2.31. The molecule has 102 valence electrons. The topological polar surface area (TPSA) is 74.2 Å². The van der Waals surface area contributed by atoms with Gasteiger partial charge in [0.1, 0.15) is 5.76 Å². The molecule has 3 N–H and O–H groups in total. The van der Waals surface area contributed by atoms with Gasteiger partial charge in [-0.15, -0.1) is 12.4 Å². The van der Waals surface area contributed by atoms with Crippen LogP contribution in [-0.4, -0.2) is 24.5 Å². The van der Waals surface area contributed by atoms with Crippen LogP contribution in [0.4, 0.5) is 0 Å². The van der Waals surface area contributed by atoms with Crippen molar-refractivity contribution in [2.75, 3.05) is 0 Å². The number of allylic oxidation sites excluding steroid dienone is 1. The van der Waals surface area contributed by atoms with Crippen LogP contribution < -0.4 is 10.6 Å². The van der Waals surface area contributed by atoms with Crippen molar-refractivity contribution in [2.24, 2.45) is 5.92 Å². The van der Waals surface area contributed by atoms with Gasteiger partial charge in [-0.25, -0.2) is 0 Å². The summed E-state index contributed by atoms with van der Waals surface area (Å²) in [6.45, 7) is 2.09. The highest BCUT2D eigenvalue weighted by molar-refractivity contribution is 5.90. The zero-order valence-electron chi connectivity index (χ0n) is 10.5. The van der Waals surface area contributed by atoms with Crippen LogP contribution in [0.2, 0.25) is 0 Å². The van der Waals surface area contributed by atoms with E-state index in [4.69, 9.17) is 10.1 Å². The van der Waals surface area contributed by atoms with Crippen LogP contribution in [0.25, 0.3) is 0 Å². The summed E-state index contributed by atoms with van der Waals surface area (Å²) in [5.41, 5.74) is 2.20. The molecule has 1 fully saturated rings. The molecule has 5 nitrogen and oxygen atoms in total. The van der Waals surface area contributed by atoms with Gasteiger partial charge in [-0.3, -0.25) is 10.2 Å². The normalized spacial score (nSPS) is 31.3. The summed E-state index contributed by atoms with van der Waals surface area (Å²) in [6.07, 6.45) is 7.26. The van der Waals surface area contributed by atoms with Crippen LogP contribution in [0.5, 0.6) is 0 Å². The number of ether oxygens (including phenoxy) is 1. The predicted molar refractivity (Wildman–Crippen MR) is 74.0 cm³/mol. The predicted octanol–water partition coefficient (Wildman–Crippen LogP) is 1.24. The lowest BCUT2D eigenvalue weighted by Crippen LogP contribution is -2.43. The fraction of sp³-hybridized carbons (Fsp3) is 0.385. The molecule has 1 amide bonds. The second kappa shape index (κ2) is 5.09. The summed E-state index contributed by atoms with van der Waals surface area (Å²) < 4.78 is 5.81. The number of carbonyl (C=O) groups is 1. The lowest BCUT2D eigenvalue weighted by molar-refractivity contribution is -0.117. The fourth-order valence-electron chi connectivity index (χ4n) is 2.73. The summed E-state index contributed by atoms with van der Waals surface area (Å²) in [5.74, 6) is 1.06. The third-order valence-corrected chi connectivity index (χ3v) is 3.53. The molecule has 2 aliphatic heterocycles. The number of hydrogen-bond donors (Lipinski definition) is 3. The number of fused-ring (bicyclic) bond motifs is 2. The van der Waals surface area contributed by atoms with Gasteiger partial charge in [0.05, 0.1) is 12.4 Å². The van der Waals surface area contributed by atoms with Crippen LogP contribution in [0.3, 0.4) is 0 Å². The maximum Gasteiger partial charge on any atom is 0.244 e. The summed E-state index contributed by atoms with van der Waals surface area (Å²) in [4.78, 5) is 11.4. The number of amides is 1. The summed E-state index contributed by atoms with van der Waals surface area (Å²) in [6, 6.07) is -0.0000175. The Morgan fingerprint density at radius 3 is 3.05 bits per heavy atom. The number of carbonyl (C=O) groups excluding carboxylic acids is 1. The third kappa shape index (κ3) is 2.26. The van der Waals surface area contributed by atoms with Crippen LogP contribution in [-0.2, 0) is 9.53 Å². The Morgan fingerprint density at radius 1 is 1.53 bits per heavy atom. The van der Waals surface area contributed by atoms with Gasteiger partial charge < -0.3 is 15.4 Å². The molecule has 0 aromatic heterocycles. The van der Waals surface area contributed by atoms with E-state index in [1.807, 2.05) is 6.08 Å². The smallest absolute Gasteiger partial charge is 0.244 e. The van der Waals surface area contributed by atoms with Crippen molar-refractivity contribution in [1.82, 2.24) is 10.6 Å². The van der Waals surface area contributed by atoms with E-state index in [1.165, 1.54) is 6.08 Å². The summed E-state index contributed by atoms with van der Waals surface area (Å²) >= 11 is 0. The highest BCUT2D eigenvalue weighted by Crippen LogP contribution is 2.39. The van der Waals surface area contributed by atoms with Crippen molar-refractivity contribution >= 4 is 24.7 Å². The molecule has 0 spiro atoms. The summed E-state index contributed by atoms with van der Waals surface area (Å²) in [7, 11) is 0. The van der Waals surface area contributed by atoms with Crippen molar-refractivity contribution in [3.8, 4) is 0 Å². The average Bonchev–Trinajstić information content (AvgIpc) is 2.72. The molecule has 3 rings (SSSR count). The van der Waals surface area contributed by atoms with Crippen molar-refractivity contribution in [1.29, 1.82) is 5.41 Å². The van der Waals surface area contributed by atoms with Crippen molar-refractivity contribution < 1.29 is 9.53 Å². The molecule has 2 heterocycles. The lowest BCUT2D eigenvalue weighted by atomic mass is 9.83. The van der Waals surface area contributed by atoms with Gasteiger partial charge in [0.25, 0.3) is 0 Å². The molecule has 3 aliphatic rings. The van der Waals surface area contributed by atoms with Crippen molar-refractivity contribution in [2.45, 2.75) is 25.6 Å². The SMILES string of the molecule is CC1C=C2CC(NC=N)OC2=C2C=CC(=O)NC21.Cl. The van der Waals surface area contributed by atoms with E-state index in [2.05, 4.69) is 23.6 Å². The van der Waals surface area contributed by atoms with Gasteiger partial charge in [-0.05, 0) is 17.6 Å². The maximum atomic E-state index is 11.4. The highest BCUT2D eigenvalue weighted by Gasteiger charge is 2.37. The molecule has 6 heteroatoms. The molecule has 1 saturated heterocycles. The number of rotatable bonds is 2. The molecule has 0 aromatic rings. The first kappa shape index (κ1) is 13.7. The van der Waals surface area contributed by atoms with Gasteiger partial charge in [-0.2, -0.15) is 0 Å². The Labute approximate surface area is 117 Å². The molecule has 0 aromatic carbocycles. The minimum atomic E-state index is -0.173. The Balaban J connectivity index is 0.00000133. The van der Waals surface area contributed by atoms with E-state index in [9.17, 15) is 4.79 Å². The van der Waals surface area contributed by atoms with E-state index in [0.717, 1.165) is 29.7 Å². The third-order valence-electron chi connectivity index (χ3n) is 3.53. The summed E-state index contributed by atoms with van der Waals surface area (Å²) in [5, 5.41) is 12.9. The minimum absolute atomic E-state index is 0. The van der Waals surface area contributed by atoms with Crippen molar-refractivity contribution in [3.05, 3.63) is 35.1 Å².